The predicted octanol–water partition coefficient (Wildman–Crippen LogP) is 5.97. The number of likely N-dealkylation sites (tertiary alicyclic amines) is 1. The van der Waals surface area contributed by atoms with Gasteiger partial charge in [-0.15, -0.1) is 0 Å². The van der Waals surface area contributed by atoms with E-state index in [-0.39, 0.29) is 11.3 Å². The van der Waals surface area contributed by atoms with Crippen molar-refractivity contribution in [3.8, 4) is 0 Å². The van der Waals surface area contributed by atoms with Gasteiger partial charge in [0.25, 0.3) is 5.91 Å². The molecule has 2 aromatic heterocycles. The van der Waals surface area contributed by atoms with Crippen LogP contribution in [0.25, 0.3) is 0 Å². The molecule has 0 unspecified atom stereocenters. The summed E-state index contributed by atoms with van der Waals surface area (Å²) in [6.07, 6.45) is 16.2. The van der Waals surface area contributed by atoms with Gasteiger partial charge >= 0.3 is 0 Å². The van der Waals surface area contributed by atoms with Crippen LogP contribution >= 0.6 is 0 Å². The van der Waals surface area contributed by atoms with Crippen molar-refractivity contribution in [1.29, 1.82) is 0 Å². The van der Waals surface area contributed by atoms with Crippen molar-refractivity contribution in [2.75, 3.05) is 24.5 Å². The summed E-state index contributed by atoms with van der Waals surface area (Å²) in [6, 6.07) is 16.1. The molecule has 1 aliphatic carbocycles. The third-order valence-electron chi connectivity index (χ3n) is 10.0. The number of aryl methyl sites for hydroxylation is 1. The first kappa shape index (κ1) is 27.9. The number of fused-ring (bicyclic) bond motifs is 2. The number of hydrogen-bond donors (Lipinski definition) is 2. The van der Waals surface area contributed by atoms with E-state index in [4.69, 9.17) is 0 Å². The number of carbonyl (C=O) groups excluding carboxylic acids is 1. The third-order valence-corrected chi connectivity index (χ3v) is 10.0. The molecule has 1 saturated carbocycles. The number of hydrogen-bond acceptors (Lipinski definition) is 5. The normalized spacial score (nSPS) is 18.7. The van der Waals surface area contributed by atoms with E-state index in [1.54, 1.807) is 35.3 Å². The highest BCUT2D eigenvalue weighted by atomic mass is 16.2. The standard InChI is InChI=1S/C35H43N7O/c1-26-7-12-31-30(21-26)35(25-42(31)29-5-3-2-4-6-29)13-19-40(20-14-35)22-27-8-10-28(11-9-27)34(43)41(23-32-36-15-16-37-32)24-33-38-17-18-39-33/h7-12,15-18,21,29H,2-6,13-14,19-20,22-25H2,1H3,(H,36,37)(H,38,39). The van der Waals surface area contributed by atoms with Crippen LogP contribution in [0.15, 0.2) is 67.3 Å². The predicted molar refractivity (Wildman–Crippen MR) is 169 cm³/mol. The molecule has 0 radical (unpaired) electrons. The third kappa shape index (κ3) is 5.85. The minimum absolute atomic E-state index is 0.0306. The smallest absolute Gasteiger partial charge is 0.254 e. The highest BCUT2D eigenvalue weighted by Crippen LogP contribution is 2.49. The van der Waals surface area contributed by atoms with E-state index in [1.807, 2.05) is 12.1 Å². The molecule has 1 saturated heterocycles. The zero-order valence-corrected chi connectivity index (χ0v) is 25.3. The van der Waals surface area contributed by atoms with Gasteiger partial charge in [-0.1, -0.05) is 49.1 Å². The van der Waals surface area contributed by atoms with Gasteiger partial charge < -0.3 is 19.8 Å². The summed E-state index contributed by atoms with van der Waals surface area (Å²) in [4.78, 5) is 35.6. The lowest BCUT2D eigenvalue weighted by molar-refractivity contribution is 0.0721. The molecule has 1 amide bonds. The van der Waals surface area contributed by atoms with Crippen LogP contribution in [0.1, 0.15) is 83.6 Å². The maximum absolute atomic E-state index is 13.5. The summed E-state index contributed by atoms with van der Waals surface area (Å²) in [5, 5.41) is 0. The van der Waals surface area contributed by atoms with Crippen LogP contribution in [-0.2, 0) is 25.0 Å². The first-order valence-electron chi connectivity index (χ1n) is 16.0. The fourth-order valence-electron chi connectivity index (χ4n) is 7.63. The van der Waals surface area contributed by atoms with Crippen LogP contribution in [-0.4, -0.2) is 61.3 Å². The minimum Gasteiger partial charge on any atom is -0.367 e. The van der Waals surface area contributed by atoms with Crippen molar-refractivity contribution >= 4 is 11.6 Å². The number of nitrogens with zero attached hydrogens (tertiary/aromatic N) is 5. The number of rotatable bonds is 8. The van der Waals surface area contributed by atoms with Gasteiger partial charge in [0.15, 0.2) is 0 Å². The van der Waals surface area contributed by atoms with Crippen molar-refractivity contribution in [3.05, 3.63) is 101 Å². The number of aromatic nitrogens is 4. The molecule has 8 heteroatoms. The zero-order valence-electron chi connectivity index (χ0n) is 25.3. The van der Waals surface area contributed by atoms with Crippen molar-refractivity contribution in [1.82, 2.24) is 29.7 Å². The van der Waals surface area contributed by atoms with Crippen LogP contribution in [0, 0.1) is 6.92 Å². The Labute approximate surface area is 254 Å². The Morgan fingerprint density at radius 2 is 1.60 bits per heavy atom. The van der Waals surface area contributed by atoms with Gasteiger partial charge in [-0.05, 0) is 75.0 Å². The van der Waals surface area contributed by atoms with E-state index in [9.17, 15) is 4.79 Å². The van der Waals surface area contributed by atoms with Crippen molar-refractivity contribution in [3.63, 3.8) is 0 Å². The number of anilines is 1. The molecule has 2 aromatic carbocycles. The SMILES string of the molecule is Cc1ccc2c(c1)C1(CCN(Cc3ccc(C(=O)N(Cc4ncc[nH]4)Cc4ncc[nH]4)cc3)CC1)CN2C1CCCCC1. The Morgan fingerprint density at radius 1 is 0.930 bits per heavy atom. The van der Waals surface area contributed by atoms with E-state index in [1.165, 1.54) is 68.3 Å². The molecule has 8 nitrogen and oxygen atoms in total. The Balaban J connectivity index is 1.00. The molecule has 224 valence electrons. The molecule has 0 bridgehead atoms. The van der Waals surface area contributed by atoms with Gasteiger partial charge in [-0.3, -0.25) is 9.69 Å². The van der Waals surface area contributed by atoms with E-state index >= 15 is 0 Å². The number of aromatic amines is 2. The number of nitrogens with one attached hydrogen (secondary N) is 2. The summed E-state index contributed by atoms with van der Waals surface area (Å²) >= 11 is 0. The molecule has 0 atom stereocenters. The van der Waals surface area contributed by atoms with E-state index < -0.39 is 0 Å². The van der Waals surface area contributed by atoms with Crippen LogP contribution < -0.4 is 4.90 Å². The lowest BCUT2D eigenvalue weighted by atomic mass is 9.74. The van der Waals surface area contributed by atoms with Crippen LogP contribution in [0.4, 0.5) is 5.69 Å². The van der Waals surface area contributed by atoms with Gasteiger partial charge in [0.2, 0.25) is 0 Å². The summed E-state index contributed by atoms with van der Waals surface area (Å²) in [5.41, 5.74) is 6.71. The molecule has 7 rings (SSSR count). The molecular weight excluding hydrogens is 534 g/mol. The molecule has 4 heterocycles. The van der Waals surface area contributed by atoms with Crippen LogP contribution in [0.2, 0.25) is 0 Å². The van der Waals surface area contributed by atoms with E-state index in [0.29, 0.717) is 24.7 Å². The monoisotopic (exact) mass is 577 g/mol. The Bertz CT molecular complexity index is 1460. The lowest BCUT2D eigenvalue weighted by Crippen LogP contribution is -2.46. The quantitative estimate of drug-likeness (QED) is 0.270. The first-order chi connectivity index (χ1) is 21.1. The van der Waals surface area contributed by atoms with Crippen molar-refractivity contribution in [2.45, 2.75) is 83.0 Å². The molecule has 2 fully saturated rings. The van der Waals surface area contributed by atoms with Gasteiger partial charge in [0.1, 0.15) is 11.6 Å². The maximum atomic E-state index is 13.5. The largest absolute Gasteiger partial charge is 0.367 e. The van der Waals surface area contributed by atoms with Gasteiger partial charge in [0.05, 0.1) is 13.1 Å². The van der Waals surface area contributed by atoms with E-state index in [0.717, 1.165) is 31.3 Å². The molecule has 1 spiro atoms. The topological polar surface area (TPSA) is 84.1 Å². The molecule has 2 N–H and O–H groups in total. The first-order valence-corrected chi connectivity index (χ1v) is 16.0. The van der Waals surface area contributed by atoms with Crippen molar-refractivity contribution < 1.29 is 4.79 Å². The Kier molecular flexibility index (Phi) is 7.78. The lowest BCUT2D eigenvalue weighted by Gasteiger charge is -2.41. The highest BCUT2D eigenvalue weighted by molar-refractivity contribution is 5.94. The average Bonchev–Trinajstić information content (AvgIpc) is 3.81. The second-order valence-electron chi connectivity index (χ2n) is 12.9. The Morgan fingerprint density at radius 3 is 2.23 bits per heavy atom. The van der Waals surface area contributed by atoms with Crippen LogP contribution in [0.3, 0.4) is 0 Å². The summed E-state index contributed by atoms with van der Waals surface area (Å²) in [7, 11) is 0. The number of carbonyl (C=O) groups is 1. The zero-order chi connectivity index (χ0) is 29.2. The van der Waals surface area contributed by atoms with Gasteiger partial charge in [-0.25, -0.2) is 9.97 Å². The van der Waals surface area contributed by atoms with Gasteiger partial charge in [-0.2, -0.15) is 0 Å². The molecule has 2 aliphatic heterocycles. The molecule has 4 aromatic rings. The number of amides is 1. The number of benzene rings is 2. The second kappa shape index (κ2) is 12.0. The molecule has 43 heavy (non-hydrogen) atoms. The molecule has 3 aliphatic rings. The van der Waals surface area contributed by atoms with Crippen LogP contribution in [0.5, 0.6) is 0 Å². The van der Waals surface area contributed by atoms with E-state index in [2.05, 4.69) is 67.0 Å². The number of piperidine rings is 1. The second-order valence-corrected chi connectivity index (χ2v) is 12.9. The fourth-order valence-corrected chi connectivity index (χ4v) is 7.63. The molecular formula is C35H43N7O. The fraction of sp³-hybridized carbons (Fsp3) is 0.457. The Hall–Kier alpha value is -3.91. The highest BCUT2D eigenvalue weighted by Gasteiger charge is 2.46. The summed E-state index contributed by atoms with van der Waals surface area (Å²) in [5.74, 6) is 1.47. The van der Waals surface area contributed by atoms with Crippen molar-refractivity contribution in [2.24, 2.45) is 0 Å². The van der Waals surface area contributed by atoms with Gasteiger partial charge in [0, 0.05) is 60.6 Å². The number of H-pyrrole nitrogens is 2. The number of imidazole rings is 2. The summed E-state index contributed by atoms with van der Waals surface area (Å²) < 4.78 is 0. The summed E-state index contributed by atoms with van der Waals surface area (Å²) in [6.45, 7) is 7.34. The minimum atomic E-state index is -0.0306. The maximum Gasteiger partial charge on any atom is 0.254 e. The average molecular weight is 578 g/mol.